The summed E-state index contributed by atoms with van der Waals surface area (Å²) in [5.74, 6) is -0.235. The molecule has 1 aromatic carbocycles. The number of likely N-dealkylation sites (N-methyl/N-ethyl adjacent to an activating group) is 1. The molecule has 0 fully saturated rings. The normalized spacial score (nSPS) is 11.9. The van der Waals surface area contributed by atoms with Crippen LogP contribution in [0.1, 0.15) is 11.6 Å². The van der Waals surface area contributed by atoms with Crippen LogP contribution in [0.3, 0.4) is 0 Å². The van der Waals surface area contributed by atoms with E-state index < -0.39 is 12.0 Å². The Morgan fingerprint density at radius 3 is 2.64 bits per heavy atom. The molecule has 0 aliphatic carbocycles. The number of aromatic hydroxyl groups is 1. The number of nitrogens with one attached hydrogen (secondary N) is 1. The lowest BCUT2D eigenvalue weighted by atomic mass is 10.1. The fourth-order valence-corrected chi connectivity index (χ4v) is 2.13. The van der Waals surface area contributed by atoms with Gasteiger partial charge < -0.3 is 15.1 Å². The first-order chi connectivity index (χ1) is 10.6. The summed E-state index contributed by atoms with van der Waals surface area (Å²) in [7, 11) is 1.89. The molecule has 6 heteroatoms. The van der Waals surface area contributed by atoms with Crippen LogP contribution in [0, 0.1) is 0 Å². The van der Waals surface area contributed by atoms with Gasteiger partial charge in [-0.15, -0.1) is 0 Å². The van der Waals surface area contributed by atoms with Gasteiger partial charge >= 0.3 is 5.97 Å². The van der Waals surface area contributed by atoms with Crippen LogP contribution in [0.4, 0.5) is 5.82 Å². The highest BCUT2D eigenvalue weighted by Gasteiger charge is 2.21. The zero-order valence-corrected chi connectivity index (χ0v) is 12.3. The Hall–Kier alpha value is -2.60. The second-order valence-corrected chi connectivity index (χ2v) is 4.89. The molecule has 0 bridgehead atoms. The smallest absolute Gasteiger partial charge is 0.325 e. The molecule has 0 amide bonds. The molecular weight excluding hydrogens is 282 g/mol. The van der Waals surface area contributed by atoms with E-state index in [0.29, 0.717) is 18.7 Å². The number of phenolic OH excluding ortho intramolecular Hbond substituents is 1. The third kappa shape index (κ3) is 3.95. The lowest BCUT2D eigenvalue weighted by Crippen LogP contribution is -2.35. The van der Waals surface area contributed by atoms with Gasteiger partial charge in [-0.05, 0) is 18.2 Å². The van der Waals surface area contributed by atoms with Crippen molar-refractivity contribution in [2.24, 2.45) is 0 Å². The first-order valence-electron chi connectivity index (χ1n) is 6.96. The predicted molar refractivity (Wildman–Crippen MR) is 84.0 cm³/mol. The molecule has 0 saturated carbocycles. The van der Waals surface area contributed by atoms with Crippen molar-refractivity contribution in [2.75, 3.05) is 25.0 Å². The van der Waals surface area contributed by atoms with E-state index in [1.165, 1.54) is 6.07 Å². The molecule has 1 atom stereocenters. The topological polar surface area (TPSA) is 85.7 Å². The summed E-state index contributed by atoms with van der Waals surface area (Å²) in [4.78, 5) is 17.6. The molecule has 1 unspecified atom stereocenters. The summed E-state index contributed by atoms with van der Waals surface area (Å²) in [6, 6.07) is 11.1. The molecule has 0 aliphatic rings. The monoisotopic (exact) mass is 301 g/mol. The van der Waals surface area contributed by atoms with Gasteiger partial charge in [-0.3, -0.25) is 10.1 Å². The van der Waals surface area contributed by atoms with Gasteiger partial charge in [0.25, 0.3) is 0 Å². The molecule has 0 spiro atoms. The molecule has 0 saturated heterocycles. The molecule has 1 aromatic heterocycles. The summed E-state index contributed by atoms with van der Waals surface area (Å²) >= 11 is 0. The van der Waals surface area contributed by atoms with Crippen LogP contribution in [0.25, 0.3) is 0 Å². The van der Waals surface area contributed by atoms with Gasteiger partial charge in [0.1, 0.15) is 17.6 Å². The van der Waals surface area contributed by atoms with Crippen molar-refractivity contribution in [1.29, 1.82) is 0 Å². The van der Waals surface area contributed by atoms with Gasteiger partial charge in [0.2, 0.25) is 0 Å². The van der Waals surface area contributed by atoms with E-state index in [4.69, 9.17) is 0 Å². The lowest BCUT2D eigenvalue weighted by Gasteiger charge is -2.21. The zero-order valence-electron chi connectivity index (χ0n) is 12.3. The molecule has 0 aliphatic heterocycles. The minimum Gasteiger partial charge on any atom is -0.508 e. The SMILES string of the molecule is CN(CCNC(C(=O)O)c1ccccc1O)c1ccccn1. The number of para-hydroxylation sites is 1. The number of rotatable bonds is 7. The average molecular weight is 301 g/mol. The van der Waals surface area contributed by atoms with Crippen molar-refractivity contribution >= 4 is 11.8 Å². The number of hydrogen-bond acceptors (Lipinski definition) is 5. The van der Waals surface area contributed by atoms with Gasteiger partial charge in [0.15, 0.2) is 0 Å². The number of hydrogen-bond donors (Lipinski definition) is 3. The molecule has 2 aromatic rings. The number of pyridine rings is 1. The second kappa shape index (κ2) is 7.42. The van der Waals surface area contributed by atoms with Crippen molar-refractivity contribution in [3.63, 3.8) is 0 Å². The largest absolute Gasteiger partial charge is 0.508 e. The molecule has 116 valence electrons. The first kappa shape index (κ1) is 15.8. The van der Waals surface area contributed by atoms with Crippen molar-refractivity contribution < 1.29 is 15.0 Å². The van der Waals surface area contributed by atoms with Gasteiger partial charge in [0.05, 0.1) is 0 Å². The maximum atomic E-state index is 11.4. The van der Waals surface area contributed by atoms with Crippen LogP contribution in [0.5, 0.6) is 5.75 Å². The van der Waals surface area contributed by atoms with Crippen molar-refractivity contribution in [3.05, 3.63) is 54.2 Å². The first-order valence-corrected chi connectivity index (χ1v) is 6.96. The van der Waals surface area contributed by atoms with E-state index in [1.807, 2.05) is 30.1 Å². The number of anilines is 1. The third-order valence-electron chi connectivity index (χ3n) is 3.33. The van der Waals surface area contributed by atoms with Crippen LogP contribution in [-0.2, 0) is 4.79 Å². The Kier molecular flexibility index (Phi) is 5.32. The third-order valence-corrected chi connectivity index (χ3v) is 3.33. The highest BCUT2D eigenvalue weighted by molar-refractivity contribution is 5.76. The highest BCUT2D eigenvalue weighted by atomic mass is 16.4. The lowest BCUT2D eigenvalue weighted by molar-refractivity contribution is -0.139. The number of benzene rings is 1. The number of phenols is 1. The minimum atomic E-state index is -1.03. The molecule has 1 heterocycles. The van der Waals surface area contributed by atoms with E-state index in [-0.39, 0.29) is 5.75 Å². The van der Waals surface area contributed by atoms with E-state index in [0.717, 1.165) is 5.82 Å². The minimum absolute atomic E-state index is 0.0273. The van der Waals surface area contributed by atoms with E-state index in [9.17, 15) is 15.0 Å². The van der Waals surface area contributed by atoms with E-state index >= 15 is 0 Å². The molecule has 0 radical (unpaired) electrons. The number of carboxylic acids is 1. The fraction of sp³-hybridized carbons (Fsp3) is 0.250. The maximum Gasteiger partial charge on any atom is 0.325 e. The van der Waals surface area contributed by atoms with Crippen LogP contribution in [0.15, 0.2) is 48.7 Å². The van der Waals surface area contributed by atoms with Crippen molar-refractivity contribution in [1.82, 2.24) is 10.3 Å². The molecule has 22 heavy (non-hydrogen) atoms. The van der Waals surface area contributed by atoms with Crippen LogP contribution >= 0.6 is 0 Å². The number of carbonyl (C=O) groups is 1. The van der Waals surface area contributed by atoms with Crippen LogP contribution in [-0.4, -0.2) is 41.3 Å². The van der Waals surface area contributed by atoms with Gasteiger partial charge in [-0.2, -0.15) is 0 Å². The Bertz CT molecular complexity index is 619. The summed E-state index contributed by atoms with van der Waals surface area (Å²) in [6.45, 7) is 1.03. The molecular formula is C16H19N3O3. The zero-order chi connectivity index (χ0) is 15.9. The van der Waals surface area contributed by atoms with Gasteiger partial charge in [-0.25, -0.2) is 4.98 Å². The average Bonchev–Trinajstić information content (AvgIpc) is 2.53. The summed E-state index contributed by atoms with van der Waals surface area (Å²) < 4.78 is 0. The Morgan fingerprint density at radius 1 is 1.27 bits per heavy atom. The van der Waals surface area contributed by atoms with Crippen LogP contribution < -0.4 is 10.2 Å². The Balaban J connectivity index is 1.96. The van der Waals surface area contributed by atoms with Crippen molar-refractivity contribution in [3.8, 4) is 5.75 Å². The number of nitrogens with zero attached hydrogens (tertiary/aromatic N) is 2. The molecule has 2 rings (SSSR count). The predicted octanol–water partition coefficient (Wildman–Crippen LogP) is 1.64. The fourth-order valence-electron chi connectivity index (χ4n) is 2.13. The van der Waals surface area contributed by atoms with Crippen LogP contribution in [0.2, 0.25) is 0 Å². The number of aromatic nitrogens is 1. The Morgan fingerprint density at radius 2 is 2.00 bits per heavy atom. The van der Waals surface area contributed by atoms with Gasteiger partial charge in [-0.1, -0.05) is 24.3 Å². The molecule has 3 N–H and O–H groups in total. The molecule has 6 nitrogen and oxygen atoms in total. The quantitative estimate of drug-likeness (QED) is 0.721. The summed E-state index contributed by atoms with van der Waals surface area (Å²) in [5.41, 5.74) is 0.357. The number of carboxylic acid groups (broad SMARTS) is 1. The summed E-state index contributed by atoms with van der Waals surface area (Å²) in [5, 5.41) is 22.1. The van der Waals surface area contributed by atoms with E-state index in [2.05, 4.69) is 10.3 Å². The highest BCUT2D eigenvalue weighted by Crippen LogP contribution is 2.23. The van der Waals surface area contributed by atoms with Crippen molar-refractivity contribution in [2.45, 2.75) is 6.04 Å². The van der Waals surface area contributed by atoms with Gasteiger partial charge in [0, 0.05) is 31.9 Å². The Labute approximate surface area is 129 Å². The second-order valence-electron chi connectivity index (χ2n) is 4.89. The standard InChI is InChI=1S/C16H19N3O3/c1-19(14-8-4-5-9-17-14)11-10-18-15(16(21)22)12-6-2-3-7-13(12)20/h2-9,15,18,20H,10-11H2,1H3,(H,21,22). The number of aliphatic carboxylic acids is 1. The maximum absolute atomic E-state index is 11.4. The summed E-state index contributed by atoms with van der Waals surface area (Å²) in [6.07, 6.45) is 1.71. The van der Waals surface area contributed by atoms with E-state index in [1.54, 1.807) is 24.4 Å².